The van der Waals surface area contributed by atoms with Gasteiger partial charge in [-0.15, -0.1) is 0 Å². The van der Waals surface area contributed by atoms with Gasteiger partial charge in [-0.2, -0.15) is 9.57 Å². The van der Waals surface area contributed by atoms with Gasteiger partial charge in [0.15, 0.2) is 5.82 Å². The number of pyridine rings is 1. The molecule has 0 N–H and O–H groups in total. The van der Waals surface area contributed by atoms with Crippen molar-refractivity contribution in [2.24, 2.45) is 0 Å². The first kappa shape index (κ1) is 12.5. The normalized spacial score (nSPS) is 11.4. The average Bonchev–Trinajstić information content (AvgIpc) is 2.26. The number of nitriles is 1. The Labute approximate surface area is 93.2 Å². The van der Waals surface area contributed by atoms with Gasteiger partial charge in [-0.25, -0.2) is 17.8 Å². The summed E-state index contributed by atoms with van der Waals surface area (Å²) in [7, 11) is -2.67. The molecule has 16 heavy (non-hydrogen) atoms. The molecular formula is C9H10FN3O2S. The van der Waals surface area contributed by atoms with Crippen molar-refractivity contribution in [1.29, 1.82) is 5.26 Å². The number of aromatic nitrogens is 1. The Morgan fingerprint density at radius 2 is 2.31 bits per heavy atom. The minimum Gasteiger partial charge on any atom is -0.241 e. The smallest absolute Gasteiger partial charge is 0.241 e. The molecule has 0 atom stereocenters. The van der Waals surface area contributed by atoms with Crippen LogP contribution in [0.15, 0.2) is 23.4 Å². The van der Waals surface area contributed by atoms with Crippen LogP contribution in [-0.2, 0) is 10.0 Å². The molecule has 0 amide bonds. The molecule has 1 aromatic heterocycles. The second-order valence-electron chi connectivity index (χ2n) is 3.03. The third-order valence-corrected chi connectivity index (χ3v) is 3.71. The summed E-state index contributed by atoms with van der Waals surface area (Å²) in [4.78, 5) is 3.49. The van der Waals surface area contributed by atoms with E-state index in [-0.39, 0.29) is 13.0 Å². The molecule has 1 aromatic rings. The van der Waals surface area contributed by atoms with Crippen molar-refractivity contribution < 1.29 is 12.8 Å². The minimum absolute atomic E-state index is 0.00878. The maximum Gasteiger partial charge on any atom is 0.263 e. The first-order valence-corrected chi connectivity index (χ1v) is 5.88. The summed E-state index contributed by atoms with van der Waals surface area (Å²) in [6.07, 6.45) is 1.25. The van der Waals surface area contributed by atoms with Crippen LogP contribution < -0.4 is 0 Å². The molecule has 0 aliphatic carbocycles. The van der Waals surface area contributed by atoms with Gasteiger partial charge in [-0.05, 0) is 12.1 Å². The maximum atomic E-state index is 13.2. The number of hydrogen-bond donors (Lipinski definition) is 0. The predicted molar refractivity (Wildman–Crippen MR) is 54.2 cm³/mol. The summed E-state index contributed by atoms with van der Waals surface area (Å²) in [6, 6.07) is 4.15. The lowest BCUT2D eigenvalue weighted by molar-refractivity contribution is 0.463. The lowest BCUT2D eigenvalue weighted by Gasteiger charge is -2.14. The van der Waals surface area contributed by atoms with E-state index >= 15 is 0 Å². The van der Waals surface area contributed by atoms with Crippen LogP contribution in [-0.4, -0.2) is 31.3 Å². The Balaban J connectivity index is 3.04. The van der Waals surface area contributed by atoms with Crippen LogP contribution in [0.1, 0.15) is 6.42 Å². The van der Waals surface area contributed by atoms with Gasteiger partial charge in [-0.3, -0.25) is 0 Å². The predicted octanol–water partition coefficient (Wildman–Crippen LogP) is 0.755. The first-order valence-electron chi connectivity index (χ1n) is 4.44. The number of rotatable bonds is 4. The third-order valence-electron chi connectivity index (χ3n) is 1.92. The first-order chi connectivity index (χ1) is 7.50. The Bertz CT molecular complexity index is 510. The standard InChI is InChI=1S/C9H10FN3O2S/c1-13(7-3-5-11)16(14,15)9-8(10)4-2-6-12-9/h2,4,6H,3,7H2,1H3. The quantitative estimate of drug-likeness (QED) is 0.782. The van der Waals surface area contributed by atoms with Gasteiger partial charge in [0.05, 0.1) is 6.07 Å². The van der Waals surface area contributed by atoms with Crippen LogP contribution in [0.3, 0.4) is 0 Å². The molecule has 1 rings (SSSR count). The summed E-state index contributed by atoms with van der Waals surface area (Å²) >= 11 is 0. The van der Waals surface area contributed by atoms with Gasteiger partial charge in [0.25, 0.3) is 10.0 Å². The zero-order valence-electron chi connectivity index (χ0n) is 8.59. The highest BCUT2D eigenvalue weighted by Crippen LogP contribution is 2.14. The van der Waals surface area contributed by atoms with E-state index in [4.69, 9.17) is 5.26 Å². The Morgan fingerprint density at radius 1 is 1.62 bits per heavy atom. The minimum atomic E-state index is -3.95. The largest absolute Gasteiger partial charge is 0.263 e. The fraction of sp³-hybridized carbons (Fsp3) is 0.333. The zero-order chi connectivity index (χ0) is 12.2. The lowest BCUT2D eigenvalue weighted by Crippen LogP contribution is -2.29. The van der Waals surface area contributed by atoms with Gasteiger partial charge in [-0.1, -0.05) is 0 Å². The fourth-order valence-electron chi connectivity index (χ4n) is 1.04. The summed E-state index contributed by atoms with van der Waals surface area (Å²) in [5.74, 6) is -0.897. The highest BCUT2D eigenvalue weighted by Gasteiger charge is 2.25. The number of nitrogens with zero attached hydrogens (tertiary/aromatic N) is 3. The summed E-state index contributed by atoms with van der Waals surface area (Å²) in [6.45, 7) is 0.00878. The van der Waals surface area contributed by atoms with E-state index in [2.05, 4.69) is 4.98 Å². The van der Waals surface area contributed by atoms with Crippen molar-refractivity contribution in [2.75, 3.05) is 13.6 Å². The number of halogens is 1. The van der Waals surface area contributed by atoms with Crippen LogP contribution in [0.4, 0.5) is 4.39 Å². The molecule has 0 aromatic carbocycles. The number of hydrogen-bond acceptors (Lipinski definition) is 4. The van der Waals surface area contributed by atoms with Crippen LogP contribution in [0.2, 0.25) is 0 Å². The highest BCUT2D eigenvalue weighted by atomic mass is 32.2. The molecule has 0 radical (unpaired) electrons. The molecule has 0 fully saturated rings. The summed E-state index contributed by atoms with van der Waals surface area (Å²) in [5, 5.41) is 7.73. The van der Waals surface area contributed by atoms with E-state index in [1.807, 2.05) is 6.07 Å². The van der Waals surface area contributed by atoms with E-state index < -0.39 is 20.9 Å². The summed E-state index contributed by atoms with van der Waals surface area (Å²) in [5.41, 5.74) is 0. The number of sulfonamides is 1. The molecule has 5 nitrogen and oxygen atoms in total. The fourth-order valence-corrected chi connectivity index (χ4v) is 2.17. The van der Waals surface area contributed by atoms with Crippen molar-refractivity contribution in [3.8, 4) is 6.07 Å². The molecule has 0 bridgehead atoms. The Morgan fingerprint density at radius 3 is 2.88 bits per heavy atom. The molecule has 0 unspecified atom stereocenters. The highest BCUT2D eigenvalue weighted by molar-refractivity contribution is 7.89. The molecule has 0 saturated heterocycles. The van der Waals surface area contributed by atoms with Crippen molar-refractivity contribution in [1.82, 2.24) is 9.29 Å². The molecule has 0 aliphatic rings. The van der Waals surface area contributed by atoms with Gasteiger partial charge in [0.2, 0.25) is 5.03 Å². The molecular weight excluding hydrogens is 233 g/mol. The average molecular weight is 243 g/mol. The lowest BCUT2D eigenvalue weighted by atomic mass is 10.5. The van der Waals surface area contributed by atoms with Gasteiger partial charge in [0.1, 0.15) is 0 Å². The topological polar surface area (TPSA) is 74.1 Å². The van der Waals surface area contributed by atoms with Gasteiger partial charge < -0.3 is 0 Å². The molecule has 0 spiro atoms. The SMILES string of the molecule is CN(CCC#N)S(=O)(=O)c1ncccc1F. The van der Waals surface area contributed by atoms with Crippen LogP contribution in [0.5, 0.6) is 0 Å². The van der Waals surface area contributed by atoms with Crippen LogP contribution in [0.25, 0.3) is 0 Å². The molecule has 0 aliphatic heterocycles. The molecule has 1 heterocycles. The van der Waals surface area contributed by atoms with Crippen molar-refractivity contribution in [2.45, 2.75) is 11.4 Å². The molecule has 7 heteroatoms. The van der Waals surface area contributed by atoms with Gasteiger partial charge >= 0.3 is 0 Å². The Hall–Kier alpha value is -1.52. The summed E-state index contributed by atoms with van der Waals surface area (Å²) < 4.78 is 37.7. The van der Waals surface area contributed by atoms with E-state index in [0.29, 0.717) is 0 Å². The van der Waals surface area contributed by atoms with Crippen LogP contribution >= 0.6 is 0 Å². The van der Waals surface area contributed by atoms with Gasteiger partial charge in [0, 0.05) is 26.2 Å². The van der Waals surface area contributed by atoms with Crippen LogP contribution in [0, 0.1) is 17.1 Å². The Kier molecular flexibility index (Phi) is 3.93. The van der Waals surface area contributed by atoms with E-state index in [0.717, 1.165) is 10.4 Å². The van der Waals surface area contributed by atoms with E-state index in [9.17, 15) is 12.8 Å². The molecule has 86 valence electrons. The van der Waals surface area contributed by atoms with E-state index in [1.54, 1.807) is 0 Å². The monoisotopic (exact) mass is 243 g/mol. The molecule has 0 saturated carbocycles. The van der Waals surface area contributed by atoms with Crippen molar-refractivity contribution >= 4 is 10.0 Å². The van der Waals surface area contributed by atoms with Crippen molar-refractivity contribution in [3.05, 3.63) is 24.1 Å². The zero-order valence-corrected chi connectivity index (χ0v) is 9.41. The second-order valence-corrected chi connectivity index (χ2v) is 4.99. The van der Waals surface area contributed by atoms with Crippen molar-refractivity contribution in [3.63, 3.8) is 0 Å². The maximum absolute atomic E-state index is 13.2. The second kappa shape index (κ2) is 5.01. The van der Waals surface area contributed by atoms with E-state index in [1.165, 1.54) is 19.3 Å². The third kappa shape index (κ3) is 2.53.